The van der Waals surface area contributed by atoms with Crippen LogP contribution in [-0.2, 0) is 19.1 Å². The number of methoxy groups -OCH3 is 2. The number of carbonyl (C=O) groups excluding carboxylic acids is 3. The molecule has 0 aliphatic carbocycles. The minimum Gasteiger partial charge on any atom is -0.469 e. The molecule has 1 rings (SSSR count). The Balaban J connectivity index is 2.78. The molecule has 108 valence electrons. The van der Waals surface area contributed by atoms with E-state index >= 15 is 0 Å². The fraction of sp³-hybridized carbons (Fsp3) is 0.308. The molecule has 0 spiro atoms. The van der Waals surface area contributed by atoms with E-state index < -0.39 is 23.9 Å². The van der Waals surface area contributed by atoms with Crippen molar-refractivity contribution in [2.24, 2.45) is 0 Å². The van der Waals surface area contributed by atoms with E-state index in [0.717, 1.165) is 0 Å². The summed E-state index contributed by atoms with van der Waals surface area (Å²) in [6.07, 6.45) is -0.302. The maximum absolute atomic E-state index is 11.9. The van der Waals surface area contributed by atoms with Crippen LogP contribution in [0.3, 0.4) is 0 Å². The Hall–Kier alpha value is -2.57. The minimum absolute atomic E-state index is 0.302. The number of hydrogen-bond acceptors (Lipinski definition) is 6. The molecule has 0 bridgehead atoms. The van der Waals surface area contributed by atoms with E-state index in [2.05, 4.69) is 14.8 Å². The zero-order valence-electron chi connectivity index (χ0n) is 11.2. The van der Waals surface area contributed by atoms with Crippen molar-refractivity contribution in [2.75, 3.05) is 20.0 Å². The Bertz CT molecular complexity index is 498. The number of nitrogens with one attached hydrogen (secondary N) is 1. The van der Waals surface area contributed by atoms with Crippen LogP contribution >= 0.6 is 0 Å². The van der Waals surface area contributed by atoms with Crippen molar-refractivity contribution in [2.45, 2.75) is 12.5 Å². The van der Waals surface area contributed by atoms with Gasteiger partial charge in [0, 0.05) is 11.3 Å². The quantitative estimate of drug-likeness (QED) is 0.585. The summed E-state index contributed by atoms with van der Waals surface area (Å²) >= 11 is 0. The number of carbonyl (C=O) groups is 3. The van der Waals surface area contributed by atoms with Gasteiger partial charge in [0.25, 0.3) is 5.91 Å². The molecule has 0 aliphatic heterocycles. The van der Waals surface area contributed by atoms with Gasteiger partial charge < -0.3 is 20.5 Å². The Morgan fingerprint density at radius 1 is 1.15 bits per heavy atom. The summed E-state index contributed by atoms with van der Waals surface area (Å²) in [4.78, 5) is 34.7. The first kappa shape index (κ1) is 15.5. The molecule has 0 radical (unpaired) electrons. The number of esters is 2. The number of anilines is 1. The topological polar surface area (TPSA) is 108 Å². The second kappa shape index (κ2) is 7.13. The minimum atomic E-state index is -1.10. The van der Waals surface area contributed by atoms with Gasteiger partial charge in [-0.3, -0.25) is 9.59 Å². The van der Waals surface area contributed by atoms with Crippen molar-refractivity contribution in [1.29, 1.82) is 0 Å². The normalized spacial score (nSPS) is 11.3. The fourth-order valence-corrected chi connectivity index (χ4v) is 1.46. The molecule has 0 saturated carbocycles. The van der Waals surface area contributed by atoms with Gasteiger partial charge in [0.1, 0.15) is 6.04 Å². The Labute approximate surface area is 116 Å². The standard InChI is InChI=1S/C13H16N2O5/c1-19-11(16)7-10(13(18)20-2)15-12(17)8-3-5-9(14)6-4-8/h3-6,10H,7,14H2,1-2H3,(H,15,17)/t10-/m1/s1. The molecule has 0 fully saturated rings. The maximum Gasteiger partial charge on any atom is 0.328 e. The lowest BCUT2D eigenvalue weighted by Gasteiger charge is -2.15. The van der Waals surface area contributed by atoms with Gasteiger partial charge in [-0.15, -0.1) is 0 Å². The molecule has 7 nitrogen and oxygen atoms in total. The summed E-state index contributed by atoms with van der Waals surface area (Å²) in [6.45, 7) is 0. The van der Waals surface area contributed by atoms with Crippen molar-refractivity contribution >= 4 is 23.5 Å². The van der Waals surface area contributed by atoms with E-state index in [1.54, 1.807) is 12.1 Å². The first-order chi connectivity index (χ1) is 9.47. The third-order valence-electron chi connectivity index (χ3n) is 2.56. The lowest BCUT2D eigenvalue weighted by Crippen LogP contribution is -2.43. The molecular weight excluding hydrogens is 264 g/mol. The van der Waals surface area contributed by atoms with Crippen LogP contribution < -0.4 is 11.1 Å². The van der Waals surface area contributed by atoms with Gasteiger partial charge in [-0.2, -0.15) is 0 Å². The van der Waals surface area contributed by atoms with Gasteiger partial charge in [-0.1, -0.05) is 0 Å². The second-order valence-electron chi connectivity index (χ2n) is 3.95. The number of ether oxygens (including phenoxy) is 2. The fourth-order valence-electron chi connectivity index (χ4n) is 1.46. The van der Waals surface area contributed by atoms with Gasteiger partial charge in [0.2, 0.25) is 0 Å². The highest BCUT2D eigenvalue weighted by molar-refractivity contribution is 5.97. The van der Waals surface area contributed by atoms with Crippen LogP contribution in [-0.4, -0.2) is 38.1 Å². The van der Waals surface area contributed by atoms with E-state index in [-0.39, 0.29) is 6.42 Å². The van der Waals surface area contributed by atoms with Crippen LogP contribution in [0.15, 0.2) is 24.3 Å². The average molecular weight is 280 g/mol. The zero-order valence-corrected chi connectivity index (χ0v) is 11.2. The Morgan fingerprint density at radius 3 is 2.25 bits per heavy atom. The molecular formula is C13H16N2O5. The highest BCUT2D eigenvalue weighted by Gasteiger charge is 2.25. The lowest BCUT2D eigenvalue weighted by molar-refractivity contribution is -0.149. The highest BCUT2D eigenvalue weighted by Crippen LogP contribution is 2.06. The molecule has 1 aromatic carbocycles. The average Bonchev–Trinajstić information content (AvgIpc) is 2.46. The second-order valence-corrected chi connectivity index (χ2v) is 3.95. The molecule has 1 amide bonds. The van der Waals surface area contributed by atoms with Crippen molar-refractivity contribution in [3.05, 3.63) is 29.8 Å². The first-order valence-electron chi connectivity index (χ1n) is 5.79. The first-order valence-corrected chi connectivity index (χ1v) is 5.79. The number of rotatable bonds is 5. The molecule has 0 unspecified atom stereocenters. The van der Waals surface area contributed by atoms with E-state index in [1.807, 2.05) is 0 Å². The van der Waals surface area contributed by atoms with Crippen LogP contribution in [0.2, 0.25) is 0 Å². The highest BCUT2D eigenvalue weighted by atomic mass is 16.5. The number of amides is 1. The van der Waals surface area contributed by atoms with Crippen LogP contribution in [0, 0.1) is 0 Å². The van der Waals surface area contributed by atoms with Gasteiger partial charge >= 0.3 is 11.9 Å². The van der Waals surface area contributed by atoms with Crippen LogP contribution in [0.4, 0.5) is 5.69 Å². The SMILES string of the molecule is COC(=O)C[C@@H](NC(=O)c1ccc(N)cc1)C(=O)OC. The van der Waals surface area contributed by atoms with Crippen molar-refractivity contribution in [3.8, 4) is 0 Å². The monoisotopic (exact) mass is 280 g/mol. The molecule has 1 atom stereocenters. The molecule has 1 aromatic rings. The molecule has 3 N–H and O–H groups in total. The number of nitrogen functional groups attached to an aromatic ring is 1. The maximum atomic E-state index is 11.9. The van der Waals surface area contributed by atoms with Crippen molar-refractivity contribution < 1.29 is 23.9 Å². The summed E-state index contributed by atoms with van der Waals surface area (Å²) in [7, 11) is 2.36. The summed E-state index contributed by atoms with van der Waals surface area (Å²) < 4.78 is 9.00. The van der Waals surface area contributed by atoms with Gasteiger partial charge in [0.15, 0.2) is 0 Å². The molecule has 0 heterocycles. The lowest BCUT2D eigenvalue weighted by atomic mass is 10.1. The number of nitrogens with two attached hydrogens (primary N) is 1. The smallest absolute Gasteiger partial charge is 0.328 e. The predicted octanol–water partition coefficient (Wildman–Crippen LogP) is 0.103. The molecule has 0 aliphatic rings. The largest absolute Gasteiger partial charge is 0.469 e. The summed E-state index contributed by atoms with van der Waals surface area (Å²) in [5.74, 6) is -1.86. The summed E-state index contributed by atoms with van der Waals surface area (Å²) in [5, 5.41) is 2.41. The summed E-state index contributed by atoms with van der Waals surface area (Å²) in [5.41, 5.74) is 6.35. The Kier molecular flexibility index (Phi) is 5.52. The zero-order chi connectivity index (χ0) is 15.1. The van der Waals surface area contributed by atoms with E-state index in [1.165, 1.54) is 26.4 Å². The molecule has 0 aromatic heterocycles. The number of hydrogen-bond donors (Lipinski definition) is 2. The molecule has 7 heteroatoms. The van der Waals surface area contributed by atoms with Crippen molar-refractivity contribution in [3.63, 3.8) is 0 Å². The van der Waals surface area contributed by atoms with E-state index in [0.29, 0.717) is 11.3 Å². The molecule has 0 saturated heterocycles. The van der Waals surface area contributed by atoms with Crippen molar-refractivity contribution in [1.82, 2.24) is 5.32 Å². The molecule has 20 heavy (non-hydrogen) atoms. The summed E-state index contributed by atoms with van der Waals surface area (Å²) in [6, 6.07) is 5.04. The van der Waals surface area contributed by atoms with Gasteiger partial charge in [-0.05, 0) is 24.3 Å². The third kappa shape index (κ3) is 4.27. The van der Waals surface area contributed by atoms with E-state index in [4.69, 9.17) is 5.73 Å². The van der Waals surface area contributed by atoms with Crippen LogP contribution in [0.5, 0.6) is 0 Å². The third-order valence-corrected chi connectivity index (χ3v) is 2.56. The predicted molar refractivity (Wildman–Crippen MR) is 70.8 cm³/mol. The van der Waals surface area contributed by atoms with Crippen LogP contribution in [0.25, 0.3) is 0 Å². The van der Waals surface area contributed by atoms with E-state index in [9.17, 15) is 14.4 Å². The Morgan fingerprint density at radius 2 is 1.75 bits per heavy atom. The van der Waals surface area contributed by atoms with Gasteiger partial charge in [-0.25, -0.2) is 4.79 Å². The van der Waals surface area contributed by atoms with Gasteiger partial charge in [0.05, 0.1) is 20.6 Å². The number of benzene rings is 1. The van der Waals surface area contributed by atoms with Crippen LogP contribution in [0.1, 0.15) is 16.8 Å².